The molecular formula is C16H33N2O6P. The summed E-state index contributed by atoms with van der Waals surface area (Å²) in [6, 6.07) is -0.710. The Kier molecular flexibility index (Phi) is 11.0. The van der Waals surface area contributed by atoms with E-state index in [9.17, 15) is 14.2 Å². The van der Waals surface area contributed by atoms with E-state index in [1.165, 1.54) is 0 Å². The summed E-state index contributed by atoms with van der Waals surface area (Å²) in [5.74, 6) is -0.354. The Morgan fingerprint density at radius 2 is 1.64 bits per heavy atom. The van der Waals surface area contributed by atoms with Crippen molar-refractivity contribution in [1.82, 2.24) is 10.6 Å². The molecule has 0 aromatic heterocycles. The van der Waals surface area contributed by atoms with Crippen molar-refractivity contribution < 1.29 is 27.9 Å². The van der Waals surface area contributed by atoms with Gasteiger partial charge in [0.25, 0.3) is 0 Å². The summed E-state index contributed by atoms with van der Waals surface area (Å²) < 4.78 is 27.9. The number of carbonyl (C=O) groups is 2. The molecule has 0 bridgehead atoms. The second-order valence-electron chi connectivity index (χ2n) is 6.45. The van der Waals surface area contributed by atoms with Gasteiger partial charge >= 0.3 is 13.7 Å². The number of ether oxygens (including phenoxy) is 1. The number of carbonyl (C=O) groups excluding carboxylic acids is 2. The van der Waals surface area contributed by atoms with Crippen molar-refractivity contribution in [3.8, 4) is 0 Å². The molecular weight excluding hydrogens is 347 g/mol. The van der Waals surface area contributed by atoms with Crippen LogP contribution in [0.15, 0.2) is 0 Å². The lowest BCUT2D eigenvalue weighted by atomic mass is 10.1. The van der Waals surface area contributed by atoms with E-state index in [2.05, 4.69) is 10.6 Å². The van der Waals surface area contributed by atoms with Gasteiger partial charge in [0.1, 0.15) is 11.6 Å². The van der Waals surface area contributed by atoms with Crippen LogP contribution in [0.25, 0.3) is 0 Å². The van der Waals surface area contributed by atoms with Gasteiger partial charge in [-0.2, -0.15) is 0 Å². The molecule has 0 aliphatic carbocycles. The molecule has 1 unspecified atom stereocenters. The van der Waals surface area contributed by atoms with E-state index in [0.29, 0.717) is 12.8 Å². The Morgan fingerprint density at radius 1 is 1.08 bits per heavy atom. The van der Waals surface area contributed by atoms with Crippen molar-refractivity contribution in [3.05, 3.63) is 0 Å². The van der Waals surface area contributed by atoms with E-state index in [0.717, 1.165) is 0 Å². The van der Waals surface area contributed by atoms with Gasteiger partial charge in [-0.1, -0.05) is 13.3 Å². The zero-order valence-electron chi connectivity index (χ0n) is 16.2. The lowest BCUT2D eigenvalue weighted by Gasteiger charge is -2.23. The molecule has 0 saturated carbocycles. The van der Waals surface area contributed by atoms with Gasteiger partial charge in [-0.15, -0.1) is 0 Å². The summed E-state index contributed by atoms with van der Waals surface area (Å²) in [7, 11) is -3.20. The molecule has 0 rings (SSSR count). The summed E-state index contributed by atoms with van der Waals surface area (Å²) in [5.41, 5.74) is -0.640. The van der Waals surface area contributed by atoms with Gasteiger partial charge in [-0.25, -0.2) is 4.79 Å². The number of amides is 2. The monoisotopic (exact) mass is 380 g/mol. The number of hydrogen-bond acceptors (Lipinski definition) is 6. The Balaban J connectivity index is 4.59. The standard InChI is InChI=1S/C16H33N2O6P/c1-7-10-13(18-15(20)24-16(4,5)6)14(19)17-11-12-25(21,22-8-2)23-9-3/h13H,7-12H2,1-6H3,(H,17,19)(H,18,20). The predicted octanol–water partition coefficient (Wildman–Crippen LogP) is 3.06. The highest BCUT2D eigenvalue weighted by Gasteiger charge is 2.26. The first-order chi connectivity index (χ1) is 11.6. The highest BCUT2D eigenvalue weighted by Crippen LogP contribution is 2.47. The molecule has 8 nitrogen and oxygen atoms in total. The molecule has 1 atom stereocenters. The molecule has 0 aromatic rings. The van der Waals surface area contributed by atoms with E-state index in [1.54, 1.807) is 34.6 Å². The number of nitrogens with one attached hydrogen (secondary N) is 2. The summed E-state index contributed by atoms with van der Waals surface area (Å²) in [4.78, 5) is 24.1. The Morgan fingerprint density at radius 3 is 2.08 bits per heavy atom. The fourth-order valence-corrected chi connectivity index (χ4v) is 3.51. The van der Waals surface area contributed by atoms with E-state index in [-0.39, 0.29) is 31.8 Å². The van der Waals surface area contributed by atoms with Crippen LogP contribution in [0, 0.1) is 0 Å². The highest BCUT2D eigenvalue weighted by atomic mass is 31.2. The van der Waals surface area contributed by atoms with Crippen molar-refractivity contribution in [1.29, 1.82) is 0 Å². The Bertz CT molecular complexity index is 454. The van der Waals surface area contributed by atoms with Crippen LogP contribution in [0.5, 0.6) is 0 Å². The second-order valence-corrected chi connectivity index (χ2v) is 8.63. The zero-order chi connectivity index (χ0) is 19.5. The normalized spacial score (nSPS) is 13.2. The largest absolute Gasteiger partial charge is 0.444 e. The molecule has 0 radical (unpaired) electrons. The van der Waals surface area contributed by atoms with Gasteiger partial charge in [0.2, 0.25) is 5.91 Å². The number of rotatable bonds is 11. The smallest absolute Gasteiger partial charge is 0.408 e. The molecule has 0 heterocycles. The Hall–Kier alpha value is -1.11. The highest BCUT2D eigenvalue weighted by molar-refractivity contribution is 7.53. The lowest BCUT2D eigenvalue weighted by Crippen LogP contribution is -2.48. The van der Waals surface area contributed by atoms with Crippen LogP contribution < -0.4 is 10.6 Å². The van der Waals surface area contributed by atoms with Gasteiger partial charge < -0.3 is 24.4 Å². The van der Waals surface area contributed by atoms with Crippen LogP contribution in [0.4, 0.5) is 4.79 Å². The minimum atomic E-state index is -3.20. The van der Waals surface area contributed by atoms with Crippen LogP contribution in [-0.4, -0.2) is 49.6 Å². The summed E-state index contributed by atoms with van der Waals surface area (Å²) in [6.07, 6.45) is 0.616. The van der Waals surface area contributed by atoms with Gasteiger partial charge in [0.15, 0.2) is 0 Å². The molecule has 9 heteroatoms. The van der Waals surface area contributed by atoms with Crippen LogP contribution in [0.1, 0.15) is 54.4 Å². The van der Waals surface area contributed by atoms with Crippen LogP contribution in [0.2, 0.25) is 0 Å². The van der Waals surface area contributed by atoms with E-state index in [4.69, 9.17) is 13.8 Å². The summed E-state index contributed by atoms with van der Waals surface area (Å²) in [6.45, 7) is 11.3. The molecule has 0 aliphatic rings. The number of hydrogen-bond donors (Lipinski definition) is 2. The quantitative estimate of drug-likeness (QED) is 0.534. The average molecular weight is 380 g/mol. The second kappa shape index (κ2) is 11.5. The maximum Gasteiger partial charge on any atom is 0.408 e. The molecule has 0 aromatic carbocycles. The van der Waals surface area contributed by atoms with Crippen molar-refractivity contribution >= 4 is 19.6 Å². The fraction of sp³-hybridized carbons (Fsp3) is 0.875. The topological polar surface area (TPSA) is 103 Å². The van der Waals surface area contributed by atoms with Gasteiger partial charge in [-0.05, 0) is 41.0 Å². The third-order valence-electron chi connectivity index (χ3n) is 2.92. The molecule has 0 spiro atoms. The zero-order valence-corrected chi connectivity index (χ0v) is 17.1. The lowest BCUT2D eigenvalue weighted by molar-refractivity contribution is -0.123. The minimum Gasteiger partial charge on any atom is -0.444 e. The molecule has 0 aliphatic heterocycles. The van der Waals surface area contributed by atoms with E-state index < -0.39 is 25.3 Å². The summed E-state index contributed by atoms with van der Waals surface area (Å²) >= 11 is 0. The average Bonchev–Trinajstić information content (AvgIpc) is 2.45. The van der Waals surface area contributed by atoms with Crippen LogP contribution in [-0.2, 0) is 23.1 Å². The first-order valence-corrected chi connectivity index (χ1v) is 10.4. The van der Waals surface area contributed by atoms with Crippen molar-refractivity contribution in [3.63, 3.8) is 0 Å². The Labute approximate surface area is 150 Å². The first kappa shape index (κ1) is 23.9. The third-order valence-corrected chi connectivity index (χ3v) is 5.00. The van der Waals surface area contributed by atoms with Crippen molar-refractivity contribution in [2.75, 3.05) is 25.9 Å². The van der Waals surface area contributed by atoms with Crippen molar-refractivity contribution in [2.24, 2.45) is 0 Å². The number of alkyl carbamates (subject to hydrolysis) is 1. The molecule has 0 saturated heterocycles. The maximum atomic E-state index is 12.3. The minimum absolute atomic E-state index is 0.0751. The fourth-order valence-electron chi connectivity index (χ4n) is 2.01. The van der Waals surface area contributed by atoms with Gasteiger partial charge in [-0.3, -0.25) is 9.36 Å². The SMILES string of the molecule is CCCC(NC(=O)OC(C)(C)C)C(=O)NCCP(=O)(OCC)OCC. The van der Waals surface area contributed by atoms with Crippen LogP contribution in [0.3, 0.4) is 0 Å². The molecule has 2 amide bonds. The van der Waals surface area contributed by atoms with Gasteiger partial charge in [0, 0.05) is 6.54 Å². The maximum absolute atomic E-state index is 12.3. The van der Waals surface area contributed by atoms with Crippen LogP contribution >= 0.6 is 7.60 Å². The molecule has 25 heavy (non-hydrogen) atoms. The molecule has 2 N–H and O–H groups in total. The first-order valence-electron chi connectivity index (χ1n) is 8.72. The summed E-state index contributed by atoms with van der Waals surface area (Å²) in [5, 5.41) is 5.23. The van der Waals surface area contributed by atoms with E-state index >= 15 is 0 Å². The predicted molar refractivity (Wildman–Crippen MR) is 96.8 cm³/mol. The molecule has 148 valence electrons. The molecule has 0 fully saturated rings. The van der Waals surface area contributed by atoms with Crippen molar-refractivity contribution in [2.45, 2.75) is 66.0 Å². The third kappa shape index (κ3) is 11.2. The van der Waals surface area contributed by atoms with Gasteiger partial charge in [0.05, 0.1) is 19.4 Å². The van der Waals surface area contributed by atoms with E-state index in [1.807, 2.05) is 6.92 Å².